The molecule has 0 radical (unpaired) electrons. The molecule has 1 N–H and O–H groups in total. The molecule has 2 aromatic heterocycles. The number of fused-ring (bicyclic) bond motifs is 1. The van der Waals surface area contributed by atoms with Crippen molar-refractivity contribution >= 4 is 22.3 Å². The van der Waals surface area contributed by atoms with E-state index in [4.69, 9.17) is 0 Å². The minimum absolute atomic E-state index is 0.0438. The van der Waals surface area contributed by atoms with Crippen molar-refractivity contribution in [2.45, 2.75) is 13.0 Å². The summed E-state index contributed by atoms with van der Waals surface area (Å²) in [5.74, 6) is 0. The fraction of sp³-hybridized carbons (Fsp3) is 0.214. The van der Waals surface area contributed by atoms with E-state index in [0.717, 1.165) is 23.2 Å². The number of nitrogens with one attached hydrogen (secondary N) is 1. The predicted molar refractivity (Wildman–Crippen MR) is 77.2 cm³/mol. The third kappa shape index (κ3) is 2.34. The quantitative estimate of drug-likeness (QED) is 0.792. The summed E-state index contributed by atoms with van der Waals surface area (Å²) in [6, 6.07) is 8.32. The van der Waals surface area contributed by atoms with E-state index in [1.807, 2.05) is 29.9 Å². The molecule has 0 saturated heterocycles. The second kappa shape index (κ2) is 5.42. The molecule has 0 fully saturated rings. The highest BCUT2D eigenvalue weighted by molar-refractivity contribution is 7.03. The first-order valence-electron chi connectivity index (χ1n) is 6.23. The van der Waals surface area contributed by atoms with Gasteiger partial charge in [0.1, 0.15) is 0 Å². The van der Waals surface area contributed by atoms with Crippen LogP contribution in [-0.4, -0.2) is 21.1 Å². The molecular formula is C14H14N4S. The Kier molecular flexibility index (Phi) is 3.48. The zero-order valence-electron chi connectivity index (χ0n) is 10.6. The van der Waals surface area contributed by atoms with Crippen molar-refractivity contribution in [3.63, 3.8) is 0 Å². The van der Waals surface area contributed by atoms with Gasteiger partial charge in [-0.25, -0.2) is 0 Å². The van der Waals surface area contributed by atoms with Gasteiger partial charge in [0.05, 0.1) is 11.7 Å². The molecule has 19 heavy (non-hydrogen) atoms. The van der Waals surface area contributed by atoms with Crippen LogP contribution in [0.4, 0.5) is 0 Å². The summed E-state index contributed by atoms with van der Waals surface area (Å²) in [4.78, 5) is 4.34. The molecule has 0 aliphatic heterocycles. The lowest BCUT2D eigenvalue weighted by Gasteiger charge is -2.17. The lowest BCUT2D eigenvalue weighted by atomic mass is 10.00. The molecular weight excluding hydrogens is 256 g/mol. The van der Waals surface area contributed by atoms with E-state index in [0.29, 0.717) is 0 Å². The largest absolute Gasteiger partial charge is 0.305 e. The number of hydrogen-bond donors (Lipinski definition) is 1. The van der Waals surface area contributed by atoms with Crippen molar-refractivity contribution in [3.8, 4) is 0 Å². The molecule has 0 bridgehead atoms. The minimum atomic E-state index is 0.0438. The van der Waals surface area contributed by atoms with Crippen molar-refractivity contribution in [2.75, 3.05) is 6.54 Å². The Morgan fingerprint density at radius 1 is 1.26 bits per heavy atom. The molecule has 1 aromatic carbocycles. The molecule has 2 heterocycles. The Balaban J connectivity index is 2.15. The topological polar surface area (TPSA) is 50.7 Å². The van der Waals surface area contributed by atoms with E-state index in [1.54, 1.807) is 0 Å². The van der Waals surface area contributed by atoms with Gasteiger partial charge in [-0.1, -0.05) is 35.7 Å². The average molecular weight is 270 g/mol. The molecule has 0 saturated carbocycles. The molecule has 0 amide bonds. The zero-order valence-corrected chi connectivity index (χ0v) is 11.4. The molecule has 4 nitrogen and oxygen atoms in total. The van der Waals surface area contributed by atoms with Crippen LogP contribution in [-0.2, 0) is 0 Å². The van der Waals surface area contributed by atoms with E-state index in [9.17, 15) is 0 Å². The number of aromatic nitrogens is 3. The van der Waals surface area contributed by atoms with Gasteiger partial charge in [-0.05, 0) is 23.5 Å². The number of rotatable bonds is 4. The van der Waals surface area contributed by atoms with Crippen LogP contribution in [0.1, 0.15) is 24.2 Å². The Labute approximate surface area is 115 Å². The number of nitrogens with zero attached hydrogens (tertiary/aromatic N) is 3. The van der Waals surface area contributed by atoms with Gasteiger partial charge in [0.25, 0.3) is 0 Å². The van der Waals surface area contributed by atoms with Crippen molar-refractivity contribution in [1.82, 2.24) is 19.9 Å². The Morgan fingerprint density at radius 3 is 2.95 bits per heavy atom. The Bertz CT molecular complexity index is 661. The average Bonchev–Trinajstić information content (AvgIpc) is 2.98. The van der Waals surface area contributed by atoms with Gasteiger partial charge in [0.15, 0.2) is 0 Å². The minimum Gasteiger partial charge on any atom is -0.305 e. The molecule has 3 rings (SSSR count). The van der Waals surface area contributed by atoms with Crippen molar-refractivity contribution in [2.24, 2.45) is 0 Å². The van der Waals surface area contributed by atoms with Crippen LogP contribution in [0.25, 0.3) is 10.8 Å². The van der Waals surface area contributed by atoms with Crippen LogP contribution in [0.2, 0.25) is 0 Å². The van der Waals surface area contributed by atoms with E-state index in [-0.39, 0.29) is 6.04 Å². The molecule has 1 unspecified atom stereocenters. The Hall–Kier alpha value is -1.85. The Morgan fingerprint density at radius 2 is 2.16 bits per heavy atom. The lowest BCUT2D eigenvalue weighted by molar-refractivity contribution is 0.615. The molecule has 5 heteroatoms. The monoisotopic (exact) mass is 270 g/mol. The summed E-state index contributed by atoms with van der Waals surface area (Å²) in [6.45, 7) is 2.96. The van der Waals surface area contributed by atoms with Gasteiger partial charge in [-0.2, -0.15) is 0 Å². The van der Waals surface area contributed by atoms with E-state index in [1.165, 1.54) is 16.9 Å². The summed E-state index contributed by atoms with van der Waals surface area (Å²) in [5, 5.41) is 12.0. The zero-order chi connectivity index (χ0) is 13.1. The van der Waals surface area contributed by atoms with Gasteiger partial charge >= 0.3 is 0 Å². The van der Waals surface area contributed by atoms with Crippen molar-refractivity contribution in [1.29, 1.82) is 0 Å². The number of pyridine rings is 1. The smallest absolute Gasteiger partial charge is 0.0970 e. The van der Waals surface area contributed by atoms with Crippen LogP contribution in [0.15, 0.2) is 42.0 Å². The standard InChI is InChI=1S/C14H14N4S/c1-2-16-14(13-9-19-18-17-13)12-8-15-7-10-5-3-4-6-11(10)12/h3-9,14,16H,2H2,1H3. The summed E-state index contributed by atoms with van der Waals surface area (Å²) in [6.07, 6.45) is 3.80. The second-order valence-electron chi connectivity index (χ2n) is 4.27. The SMILES string of the molecule is CCNC(c1csnn1)c1cncc2ccccc12. The summed E-state index contributed by atoms with van der Waals surface area (Å²) >= 11 is 1.37. The first-order chi connectivity index (χ1) is 9.40. The fourth-order valence-electron chi connectivity index (χ4n) is 2.25. The lowest BCUT2D eigenvalue weighted by Crippen LogP contribution is -2.22. The van der Waals surface area contributed by atoms with Crippen LogP contribution in [0, 0.1) is 0 Å². The summed E-state index contributed by atoms with van der Waals surface area (Å²) < 4.78 is 3.96. The van der Waals surface area contributed by atoms with Crippen molar-refractivity contribution < 1.29 is 0 Å². The first-order valence-corrected chi connectivity index (χ1v) is 7.06. The highest BCUT2D eigenvalue weighted by Crippen LogP contribution is 2.27. The number of hydrogen-bond acceptors (Lipinski definition) is 5. The highest BCUT2D eigenvalue weighted by Gasteiger charge is 2.18. The molecule has 3 aromatic rings. The fourth-order valence-corrected chi connectivity index (χ4v) is 2.73. The first kappa shape index (κ1) is 12.2. The van der Waals surface area contributed by atoms with Gasteiger partial charge in [-0.3, -0.25) is 4.98 Å². The van der Waals surface area contributed by atoms with Gasteiger partial charge in [0.2, 0.25) is 0 Å². The highest BCUT2D eigenvalue weighted by atomic mass is 32.1. The summed E-state index contributed by atoms with van der Waals surface area (Å²) in [5.41, 5.74) is 2.10. The van der Waals surface area contributed by atoms with E-state index < -0.39 is 0 Å². The molecule has 0 aliphatic rings. The third-order valence-electron chi connectivity index (χ3n) is 3.09. The molecule has 96 valence electrons. The van der Waals surface area contributed by atoms with Crippen molar-refractivity contribution in [3.05, 3.63) is 53.3 Å². The molecule has 0 spiro atoms. The molecule has 0 aliphatic carbocycles. The van der Waals surface area contributed by atoms with E-state index >= 15 is 0 Å². The second-order valence-corrected chi connectivity index (χ2v) is 4.88. The van der Waals surface area contributed by atoms with Crippen LogP contribution < -0.4 is 5.32 Å². The third-order valence-corrected chi connectivity index (χ3v) is 3.61. The van der Waals surface area contributed by atoms with Gasteiger partial charge in [-0.15, -0.1) is 5.10 Å². The van der Waals surface area contributed by atoms with Gasteiger partial charge < -0.3 is 5.32 Å². The van der Waals surface area contributed by atoms with E-state index in [2.05, 4.69) is 38.9 Å². The number of benzene rings is 1. The van der Waals surface area contributed by atoms with Crippen LogP contribution in [0.5, 0.6) is 0 Å². The summed E-state index contributed by atoms with van der Waals surface area (Å²) in [7, 11) is 0. The molecule has 1 atom stereocenters. The predicted octanol–water partition coefficient (Wildman–Crippen LogP) is 2.79. The van der Waals surface area contributed by atoms with Crippen LogP contribution >= 0.6 is 11.5 Å². The van der Waals surface area contributed by atoms with Crippen LogP contribution in [0.3, 0.4) is 0 Å². The normalized spacial score (nSPS) is 12.7. The maximum Gasteiger partial charge on any atom is 0.0970 e. The maximum atomic E-state index is 4.34. The maximum absolute atomic E-state index is 4.34. The van der Waals surface area contributed by atoms with Gasteiger partial charge in [0, 0.05) is 28.7 Å².